The lowest BCUT2D eigenvalue weighted by Gasteiger charge is -2.47. The fraction of sp³-hybridized carbons (Fsp3) is 0.545. The van der Waals surface area contributed by atoms with Gasteiger partial charge in [-0.05, 0) is 55.5 Å². The number of fused-ring (bicyclic) bond motifs is 2. The van der Waals surface area contributed by atoms with E-state index in [1.54, 1.807) is 0 Å². The van der Waals surface area contributed by atoms with Crippen molar-refractivity contribution < 1.29 is 27.4 Å². The molecule has 1 aromatic heterocycles. The first kappa shape index (κ1) is 21.7. The fourth-order valence-corrected chi connectivity index (χ4v) is 6.04. The molecule has 164 valence electrons. The van der Waals surface area contributed by atoms with Gasteiger partial charge in [0.25, 0.3) is 0 Å². The van der Waals surface area contributed by atoms with Gasteiger partial charge in [-0.25, -0.2) is 17.6 Å². The normalized spacial score (nSPS) is 25.6. The van der Waals surface area contributed by atoms with Crippen molar-refractivity contribution >= 4 is 11.3 Å². The second kappa shape index (κ2) is 8.57. The predicted octanol–water partition coefficient (Wildman–Crippen LogP) is 4.82. The lowest BCUT2D eigenvalue weighted by Crippen LogP contribution is -2.51. The second-order valence-corrected chi connectivity index (χ2v) is 9.38. The van der Waals surface area contributed by atoms with Crippen molar-refractivity contribution in [1.82, 2.24) is 4.90 Å². The van der Waals surface area contributed by atoms with Crippen LogP contribution in [0.15, 0.2) is 24.3 Å². The van der Waals surface area contributed by atoms with Crippen molar-refractivity contribution in [3.8, 4) is 0 Å². The molecule has 0 radical (unpaired) electrons. The van der Waals surface area contributed by atoms with E-state index in [1.807, 2.05) is 13.0 Å². The summed E-state index contributed by atoms with van der Waals surface area (Å²) in [6, 6.07) is 5.42. The topological polar surface area (TPSA) is 32.7 Å². The Labute approximate surface area is 177 Å². The van der Waals surface area contributed by atoms with E-state index in [0.717, 1.165) is 29.0 Å². The molecular formula is C22H25F4NO2S. The second-order valence-electron chi connectivity index (χ2n) is 8.24. The van der Waals surface area contributed by atoms with Gasteiger partial charge >= 0.3 is 0 Å². The highest BCUT2D eigenvalue weighted by Gasteiger charge is 2.45. The van der Waals surface area contributed by atoms with Crippen molar-refractivity contribution in [2.75, 3.05) is 19.7 Å². The van der Waals surface area contributed by atoms with E-state index in [4.69, 9.17) is 4.74 Å². The molecule has 1 spiro atoms. The number of benzene rings is 1. The molecule has 0 bridgehead atoms. The molecule has 1 aromatic carbocycles. The average Bonchev–Trinajstić information content (AvgIpc) is 3.09. The molecular weight excluding hydrogens is 418 g/mol. The molecule has 0 amide bonds. The Morgan fingerprint density at radius 1 is 1.27 bits per heavy atom. The molecule has 3 atom stereocenters. The van der Waals surface area contributed by atoms with Gasteiger partial charge in [-0.2, -0.15) is 0 Å². The SMILES string of the molecule is C[C@H]1C[C@@]2(CCN1CC(O)c1ccc(F)c(F)c1)OCCc1cc(CC(F)F)sc12. The molecule has 8 heteroatoms. The van der Waals surface area contributed by atoms with Crippen molar-refractivity contribution in [1.29, 1.82) is 0 Å². The highest BCUT2D eigenvalue weighted by Crippen LogP contribution is 2.47. The Bertz CT molecular complexity index is 905. The summed E-state index contributed by atoms with van der Waals surface area (Å²) in [4.78, 5) is 3.88. The number of thiophene rings is 1. The maximum absolute atomic E-state index is 13.5. The molecule has 0 aliphatic carbocycles. The highest BCUT2D eigenvalue weighted by molar-refractivity contribution is 7.12. The molecule has 4 rings (SSSR count). The fourth-order valence-electron chi connectivity index (χ4n) is 4.64. The zero-order valence-corrected chi connectivity index (χ0v) is 17.5. The van der Waals surface area contributed by atoms with Gasteiger partial charge in [0.05, 0.1) is 12.7 Å². The molecule has 3 heterocycles. The van der Waals surface area contributed by atoms with Gasteiger partial charge < -0.3 is 9.84 Å². The van der Waals surface area contributed by atoms with Crippen molar-refractivity contribution in [2.45, 2.75) is 56.8 Å². The summed E-state index contributed by atoms with van der Waals surface area (Å²) in [5.41, 5.74) is 0.985. The third kappa shape index (κ3) is 4.28. The first-order valence-corrected chi connectivity index (χ1v) is 11.0. The number of piperidine rings is 1. The van der Waals surface area contributed by atoms with E-state index in [-0.39, 0.29) is 12.5 Å². The zero-order chi connectivity index (χ0) is 21.5. The van der Waals surface area contributed by atoms with Crippen LogP contribution in [-0.4, -0.2) is 42.2 Å². The summed E-state index contributed by atoms with van der Waals surface area (Å²) in [5.74, 6) is -1.91. The minimum Gasteiger partial charge on any atom is -0.387 e. The van der Waals surface area contributed by atoms with Crippen LogP contribution in [0.2, 0.25) is 0 Å². The maximum atomic E-state index is 13.5. The Kier molecular flexibility index (Phi) is 6.21. The van der Waals surface area contributed by atoms with Crippen molar-refractivity contribution in [2.24, 2.45) is 0 Å². The molecule has 1 unspecified atom stereocenters. The van der Waals surface area contributed by atoms with E-state index in [0.29, 0.717) is 43.0 Å². The summed E-state index contributed by atoms with van der Waals surface area (Å²) >= 11 is 1.44. The molecule has 1 fully saturated rings. The van der Waals surface area contributed by atoms with Crippen LogP contribution >= 0.6 is 11.3 Å². The van der Waals surface area contributed by atoms with Crippen molar-refractivity contribution in [3.63, 3.8) is 0 Å². The van der Waals surface area contributed by atoms with Crippen LogP contribution < -0.4 is 0 Å². The number of aliphatic hydroxyl groups excluding tert-OH is 1. The van der Waals surface area contributed by atoms with Gasteiger partial charge in [-0.1, -0.05) is 6.07 Å². The number of halogens is 4. The lowest BCUT2D eigenvalue weighted by atomic mass is 9.82. The molecule has 1 N–H and O–H groups in total. The number of ether oxygens (including phenoxy) is 1. The molecule has 2 aromatic rings. The van der Waals surface area contributed by atoms with Gasteiger partial charge in [0.1, 0.15) is 5.60 Å². The Morgan fingerprint density at radius 2 is 2.07 bits per heavy atom. The monoisotopic (exact) mass is 443 g/mol. The highest BCUT2D eigenvalue weighted by atomic mass is 32.1. The molecule has 2 aliphatic rings. The van der Waals surface area contributed by atoms with Crippen LogP contribution in [0.4, 0.5) is 17.6 Å². The van der Waals surface area contributed by atoms with Crippen LogP contribution in [-0.2, 0) is 23.2 Å². The number of nitrogens with zero attached hydrogens (tertiary/aromatic N) is 1. The van der Waals surface area contributed by atoms with E-state index >= 15 is 0 Å². The molecule has 2 aliphatic heterocycles. The first-order valence-electron chi connectivity index (χ1n) is 10.2. The van der Waals surface area contributed by atoms with Gasteiger partial charge in [-0.3, -0.25) is 4.90 Å². The predicted molar refractivity (Wildman–Crippen MR) is 107 cm³/mol. The summed E-state index contributed by atoms with van der Waals surface area (Å²) in [6.07, 6.45) is -1.39. The van der Waals surface area contributed by atoms with Crippen LogP contribution in [0.3, 0.4) is 0 Å². The van der Waals surface area contributed by atoms with Gasteiger partial charge in [0.2, 0.25) is 6.43 Å². The van der Waals surface area contributed by atoms with Crippen LogP contribution in [0.1, 0.15) is 46.8 Å². The van der Waals surface area contributed by atoms with E-state index < -0.39 is 29.8 Å². The third-order valence-electron chi connectivity index (χ3n) is 6.17. The van der Waals surface area contributed by atoms with E-state index in [1.165, 1.54) is 17.4 Å². The quantitative estimate of drug-likeness (QED) is 0.673. The average molecular weight is 444 g/mol. The minimum absolute atomic E-state index is 0.0743. The van der Waals surface area contributed by atoms with Crippen molar-refractivity contribution in [3.05, 3.63) is 56.8 Å². The minimum atomic E-state index is -2.36. The number of aliphatic hydroxyl groups is 1. The van der Waals surface area contributed by atoms with Gasteiger partial charge in [0.15, 0.2) is 11.6 Å². The molecule has 1 saturated heterocycles. The number of hydrogen-bond donors (Lipinski definition) is 1. The standard InChI is InChI=1S/C22H25F4NO2S/c1-13-11-22(21-15(4-7-29-22)8-16(30-21)10-20(25)26)5-6-27(13)12-19(28)14-2-3-17(23)18(24)9-14/h2-3,8-9,13,19-20,28H,4-7,10-12H2,1H3/t13-,19?,22+/m0/s1. The summed E-state index contributed by atoms with van der Waals surface area (Å²) in [7, 11) is 0. The van der Waals surface area contributed by atoms with Crippen LogP contribution in [0.25, 0.3) is 0 Å². The molecule has 3 nitrogen and oxygen atoms in total. The summed E-state index contributed by atoms with van der Waals surface area (Å²) < 4.78 is 58.6. The smallest absolute Gasteiger partial charge is 0.243 e. The number of β-amino-alcohol motifs (C(OH)–C–C–N with tert-alkyl or cyclic N) is 1. The zero-order valence-electron chi connectivity index (χ0n) is 16.7. The van der Waals surface area contributed by atoms with Gasteiger partial charge in [0, 0.05) is 35.3 Å². The number of hydrogen-bond acceptors (Lipinski definition) is 4. The Hall–Kier alpha value is -1.48. The van der Waals surface area contributed by atoms with E-state index in [2.05, 4.69) is 4.90 Å². The van der Waals surface area contributed by atoms with Gasteiger partial charge in [-0.15, -0.1) is 11.3 Å². The Balaban J connectivity index is 1.47. The third-order valence-corrected chi connectivity index (χ3v) is 7.55. The largest absolute Gasteiger partial charge is 0.387 e. The molecule has 0 saturated carbocycles. The van der Waals surface area contributed by atoms with E-state index in [9.17, 15) is 22.7 Å². The number of alkyl halides is 2. The number of rotatable bonds is 5. The van der Waals surface area contributed by atoms with Crippen LogP contribution in [0, 0.1) is 11.6 Å². The summed E-state index contributed by atoms with van der Waals surface area (Å²) in [5, 5.41) is 10.5. The first-order chi connectivity index (χ1) is 14.3. The number of likely N-dealkylation sites (tertiary alicyclic amines) is 1. The van der Waals surface area contributed by atoms with Crippen LogP contribution in [0.5, 0.6) is 0 Å². The lowest BCUT2D eigenvalue weighted by molar-refractivity contribution is -0.113. The summed E-state index contributed by atoms with van der Waals surface area (Å²) in [6.45, 7) is 3.58. The maximum Gasteiger partial charge on any atom is 0.243 e. The Morgan fingerprint density at radius 3 is 2.77 bits per heavy atom. The molecule has 30 heavy (non-hydrogen) atoms.